The predicted molar refractivity (Wildman–Crippen MR) is 146 cm³/mol. The van der Waals surface area contributed by atoms with Crippen molar-refractivity contribution in [2.75, 3.05) is 32.2 Å². The molecule has 2 N–H and O–H groups in total. The Morgan fingerprint density at radius 3 is 2.85 bits per heavy atom. The minimum atomic E-state index is -0.625. The third-order valence-electron chi connectivity index (χ3n) is 7.05. The minimum absolute atomic E-state index is 0.0802. The van der Waals surface area contributed by atoms with Crippen LogP contribution in [0.1, 0.15) is 46.3 Å². The average Bonchev–Trinajstić information content (AvgIpc) is 3.26. The highest BCUT2D eigenvalue weighted by Gasteiger charge is 2.28. The van der Waals surface area contributed by atoms with Crippen LogP contribution in [0, 0.1) is 6.92 Å². The van der Waals surface area contributed by atoms with E-state index in [9.17, 15) is 9.59 Å². The van der Waals surface area contributed by atoms with Crippen molar-refractivity contribution in [3.63, 3.8) is 0 Å². The third kappa shape index (κ3) is 5.74. The average molecular weight is 532 g/mol. The van der Waals surface area contributed by atoms with Gasteiger partial charge in [-0.25, -0.2) is 4.98 Å². The van der Waals surface area contributed by atoms with Crippen LogP contribution in [0.15, 0.2) is 42.6 Å². The maximum absolute atomic E-state index is 13.4. The van der Waals surface area contributed by atoms with Crippen molar-refractivity contribution in [1.82, 2.24) is 20.6 Å². The van der Waals surface area contributed by atoms with E-state index in [4.69, 9.17) is 19.2 Å². The summed E-state index contributed by atoms with van der Waals surface area (Å²) < 4.78 is 17.0. The lowest BCUT2D eigenvalue weighted by molar-refractivity contribution is -0.122. The Bertz CT molecular complexity index is 1380. The lowest BCUT2D eigenvalue weighted by Crippen LogP contribution is -2.45. The molecule has 2 aromatic carbocycles. The number of carbonyl (C=O) groups is 2. The van der Waals surface area contributed by atoms with E-state index in [1.54, 1.807) is 26.4 Å². The highest BCUT2D eigenvalue weighted by atomic mass is 16.5. The quantitative estimate of drug-likeness (QED) is 0.454. The number of ether oxygens (including phenoxy) is 3. The number of methoxy groups -OCH3 is 2. The van der Waals surface area contributed by atoms with Crippen LogP contribution in [0.2, 0.25) is 0 Å². The molecule has 1 unspecified atom stereocenters. The molecule has 2 aliphatic rings. The van der Waals surface area contributed by atoms with Crippen LogP contribution in [0.3, 0.4) is 0 Å². The molecule has 2 aliphatic heterocycles. The lowest BCUT2D eigenvalue weighted by atomic mass is 10.1. The van der Waals surface area contributed by atoms with Crippen molar-refractivity contribution < 1.29 is 23.8 Å². The first-order chi connectivity index (χ1) is 19.0. The summed E-state index contributed by atoms with van der Waals surface area (Å²) in [5.41, 5.74) is 4.34. The Balaban J connectivity index is 1.46. The largest absolute Gasteiger partial charge is 0.497 e. The van der Waals surface area contributed by atoms with Crippen LogP contribution in [0.4, 0.5) is 11.6 Å². The number of hydrogen-bond acceptors (Lipinski definition) is 8. The van der Waals surface area contributed by atoms with Crippen molar-refractivity contribution in [3.05, 3.63) is 64.8 Å². The second-order valence-electron chi connectivity index (χ2n) is 9.70. The summed E-state index contributed by atoms with van der Waals surface area (Å²) in [5, 5.41) is 5.69. The molecule has 0 bridgehead atoms. The number of aromatic nitrogens is 2. The summed E-state index contributed by atoms with van der Waals surface area (Å²) in [7, 11) is 3.17. The summed E-state index contributed by atoms with van der Waals surface area (Å²) in [6, 6.07) is 11.1. The number of rotatable bonds is 8. The first kappa shape index (κ1) is 26.3. The van der Waals surface area contributed by atoms with Gasteiger partial charge in [-0.05, 0) is 62.4 Å². The Hall–Kier alpha value is -4.34. The predicted octanol–water partition coefficient (Wildman–Crippen LogP) is 3.47. The normalized spacial score (nSPS) is 16.6. The van der Waals surface area contributed by atoms with E-state index < -0.39 is 11.9 Å². The van der Waals surface area contributed by atoms with Gasteiger partial charge in [-0.1, -0.05) is 17.7 Å². The van der Waals surface area contributed by atoms with Crippen molar-refractivity contribution in [2.45, 2.75) is 45.3 Å². The number of amides is 2. The molecule has 1 aromatic heterocycles. The number of nitrogens with zero attached hydrogens (tertiary/aromatic N) is 3. The van der Waals surface area contributed by atoms with Crippen LogP contribution in [0.25, 0.3) is 0 Å². The number of carbonyl (C=O) groups excluding carboxylic acids is 2. The number of hydrogen-bond donors (Lipinski definition) is 2. The van der Waals surface area contributed by atoms with Crippen molar-refractivity contribution >= 4 is 23.5 Å². The van der Waals surface area contributed by atoms with Crippen molar-refractivity contribution in [3.8, 4) is 17.4 Å². The summed E-state index contributed by atoms with van der Waals surface area (Å²) in [4.78, 5) is 37.1. The number of nitrogens with one attached hydrogen (secondary N) is 2. The fraction of sp³-hybridized carbons (Fsp3) is 0.379. The second-order valence-corrected chi connectivity index (χ2v) is 9.70. The Morgan fingerprint density at radius 1 is 1.15 bits per heavy atom. The molecule has 1 saturated heterocycles. The second kappa shape index (κ2) is 11.6. The van der Waals surface area contributed by atoms with Gasteiger partial charge in [0, 0.05) is 30.5 Å². The van der Waals surface area contributed by atoms with E-state index in [0.29, 0.717) is 30.4 Å². The van der Waals surface area contributed by atoms with Gasteiger partial charge in [0.25, 0.3) is 5.91 Å². The molecule has 0 saturated carbocycles. The van der Waals surface area contributed by atoms with E-state index in [1.807, 2.05) is 11.0 Å². The molecule has 1 fully saturated rings. The molecule has 10 nitrogen and oxygen atoms in total. The fourth-order valence-corrected chi connectivity index (χ4v) is 4.95. The maximum Gasteiger partial charge on any atom is 0.259 e. The third-order valence-corrected chi connectivity index (χ3v) is 7.05. The van der Waals surface area contributed by atoms with Gasteiger partial charge in [-0.3, -0.25) is 9.59 Å². The Labute approximate surface area is 227 Å². The van der Waals surface area contributed by atoms with E-state index in [1.165, 1.54) is 17.3 Å². The molecular formula is C29H33N5O5. The first-order valence-electron chi connectivity index (χ1n) is 13.1. The maximum atomic E-state index is 13.4. The summed E-state index contributed by atoms with van der Waals surface area (Å²) in [5.74, 6) is 1.18. The summed E-state index contributed by atoms with van der Waals surface area (Å²) >= 11 is 0. The molecule has 10 heteroatoms. The van der Waals surface area contributed by atoms with Gasteiger partial charge in [-0.15, -0.1) is 0 Å². The molecule has 3 heterocycles. The van der Waals surface area contributed by atoms with Crippen LogP contribution in [-0.2, 0) is 17.8 Å². The molecule has 0 radical (unpaired) electrons. The minimum Gasteiger partial charge on any atom is -0.497 e. The van der Waals surface area contributed by atoms with E-state index >= 15 is 0 Å². The van der Waals surface area contributed by atoms with Crippen molar-refractivity contribution in [2.24, 2.45) is 0 Å². The fourth-order valence-electron chi connectivity index (χ4n) is 4.95. The Kier molecular flexibility index (Phi) is 7.81. The van der Waals surface area contributed by atoms with Gasteiger partial charge < -0.3 is 29.7 Å². The summed E-state index contributed by atoms with van der Waals surface area (Å²) in [6.07, 6.45) is 4.63. The van der Waals surface area contributed by atoms with E-state index in [0.717, 1.165) is 37.1 Å². The van der Waals surface area contributed by atoms with Crippen LogP contribution in [0.5, 0.6) is 17.4 Å². The van der Waals surface area contributed by atoms with Gasteiger partial charge in [-0.2, -0.15) is 4.98 Å². The molecule has 0 spiro atoms. The van der Waals surface area contributed by atoms with Gasteiger partial charge >= 0.3 is 0 Å². The van der Waals surface area contributed by atoms with Crippen LogP contribution < -0.4 is 29.7 Å². The van der Waals surface area contributed by atoms with E-state index in [2.05, 4.69) is 40.7 Å². The van der Waals surface area contributed by atoms with Crippen molar-refractivity contribution in [1.29, 1.82) is 0 Å². The highest BCUT2D eigenvalue weighted by molar-refractivity contribution is 5.99. The van der Waals surface area contributed by atoms with Gasteiger partial charge in [0.1, 0.15) is 29.7 Å². The number of benzene rings is 2. The summed E-state index contributed by atoms with van der Waals surface area (Å²) in [6.45, 7) is 3.48. The number of fused-ring (bicyclic) bond motifs is 1. The monoisotopic (exact) mass is 531 g/mol. The molecule has 3 aromatic rings. The van der Waals surface area contributed by atoms with Gasteiger partial charge in [0.05, 0.1) is 14.2 Å². The number of aryl methyl sites for hydroxylation is 1. The number of anilines is 2. The zero-order valence-corrected chi connectivity index (χ0v) is 22.5. The van der Waals surface area contributed by atoms with Crippen LogP contribution >= 0.6 is 0 Å². The molecule has 204 valence electrons. The molecule has 0 aliphatic carbocycles. The van der Waals surface area contributed by atoms with E-state index in [-0.39, 0.29) is 24.0 Å². The standard InChI is InChI=1S/C29H33N5O5/c1-18-7-9-24-19(14-18)11-13-34(24)29-31-16-22(26(35)32-23-6-4-5-12-30-27(23)36)28(33-29)39-17-20-15-21(37-2)8-10-25(20)38-3/h7-10,14-16,23H,4-6,11-13,17H2,1-3H3,(H,30,36)(H,32,35). The SMILES string of the molecule is COc1ccc(OC)c(COc2nc(N3CCc4cc(C)ccc43)ncc2C(=O)NC2CCCCNC2=O)c1. The molecule has 1 atom stereocenters. The first-order valence-corrected chi connectivity index (χ1v) is 13.1. The highest BCUT2D eigenvalue weighted by Crippen LogP contribution is 2.34. The smallest absolute Gasteiger partial charge is 0.259 e. The Morgan fingerprint density at radius 2 is 2.03 bits per heavy atom. The van der Waals surface area contributed by atoms with Gasteiger partial charge in [0.2, 0.25) is 17.7 Å². The lowest BCUT2D eigenvalue weighted by Gasteiger charge is -2.20. The molecule has 5 rings (SSSR count). The van der Waals surface area contributed by atoms with Crippen LogP contribution in [-0.4, -0.2) is 55.1 Å². The van der Waals surface area contributed by atoms with Gasteiger partial charge in [0.15, 0.2) is 0 Å². The zero-order valence-electron chi connectivity index (χ0n) is 22.5. The molecule has 2 amide bonds. The molecule has 39 heavy (non-hydrogen) atoms. The zero-order chi connectivity index (χ0) is 27.4. The topological polar surface area (TPSA) is 115 Å². The molecular weight excluding hydrogens is 498 g/mol.